The summed E-state index contributed by atoms with van der Waals surface area (Å²) >= 11 is 0. The Morgan fingerprint density at radius 1 is 1.50 bits per heavy atom. The molecule has 22 heavy (non-hydrogen) atoms. The quantitative estimate of drug-likeness (QED) is 0.927. The molecule has 1 fully saturated rings. The third-order valence-electron chi connectivity index (χ3n) is 3.99. The molecule has 1 aromatic heterocycles. The van der Waals surface area contributed by atoms with Crippen molar-refractivity contribution in [3.8, 4) is 0 Å². The van der Waals surface area contributed by atoms with Gasteiger partial charge in [0.05, 0.1) is 11.7 Å². The third-order valence-corrected chi connectivity index (χ3v) is 3.99. The maximum absolute atomic E-state index is 13.2. The number of aliphatic hydroxyl groups is 1. The molecule has 1 aromatic rings. The lowest BCUT2D eigenvalue weighted by Crippen LogP contribution is -2.46. The van der Waals surface area contributed by atoms with E-state index in [1.54, 1.807) is 0 Å². The first-order chi connectivity index (χ1) is 10.3. The standard InChI is InChI=1S/C15H23F2N3O2/c1-9(2)6-20-7-11(14(16)17)13(18-20)15(22)19-5-4-10(3)12(21)8-19/h7,9-10,12,14,21H,4-6,8H2,1-3H3. The summed E-state index contributed by atoms with van der Waals surface area (Å²) in [6.07, 6.45) is -1.45. The van der Waals surface area contributed by atoms with E-state index in [2.05, 4.69) is 5.10 Å². The monoisotopic (exact) mass is 315 g/mol. The van der Waals surface area contributed by atoms with Crippen LogP contribution in [0, 0.1) is 11.8 Å². The van der Waals surface area contributed by atoms with Gasteiger partial charge in [0.2, 0.25) is 0 Å². The van der Waals surface area contributed by atoms with Crippen LogP contribution in [0.4, 0.5) is 8.78 Å². The molecule has 0 aliphatic carbocycles. The maximum atomic E-state index is 13.2. The van der Waals surface area contributed by atoms with Crippen LogP contribution >= 0.6 is 0 Å². The summed E-state index contributed by atoms with van der Waals surface area (Å²) < 4.78 is 27.7. The zero-order chi connectivity index (χ0) is 16.4. The van der Waals surface area contributed by atoms with Crippen LogP contribution in [-0.2, 0) is 6.54 Å². The average Bonchev–Trinajstić information content (AvgIpc) is 2.84. The molecule has 1 aliphatic rings. The summed E-state index contributed by atoms with van der Waals surface area (Å²) in [5.41, 5.74) is -0.531. The number of hydrogen-bond acceptors (Lipinski definition) is 3. The van der Waals surface area contributed by atoms with E-state index in [9.17, 15) is 18.7 Å². The van der Waals surface area contributed by atoms with Crippen molar-refractivity contribution in [1.82, 2.24) is 14.7 Å². The number of likely N-dealkylation sites (tertiary alicyclic amines) is 1. The molecular formula is C15H23F2N3O2. The number of carbonyl (C=O) groups is 1. The van der Waals surface area contributed by atoms with Crippen LogP contribution in [0.3, 0.4) is 0 Å². The van der Waals surface area contributed by atoms with Crippen molar-refractivity contribution in [2.24, 2.45) is 11.8 Å². The van der Waals surface area contributed by atoms with Gasteiger partial charge in [-0.25, -0.2) is 8.78 Å². The Morgan fingerprint density at radius 2 is 2.18 bits per heavy atom. The van der Waals surface area contributed by atoms with Gasteiger partial charge in [0, 0.05) is 25.8 Å². The maximum Gasteiger partial charge on any atom is 0.274 e. The Hall–Kier alpha value is -1.50. The summed E-state index contributed by atoms with van der Waals surface area (Å²) in [5, 5.41) is 13.9. The van der Waals surface area contributed by atoms with Gasteiger partial charge in [0.15, 0.2) is 5.69 Å². The summed E-state index contributed by atoms with van der Waals surface area (Å²) in [4.78, 5) is 13.9. The first kappa shape index (κ1) is 16.9. The van der Waals surface area contributed by atoms with Gasteiger partial charge in [-0.05, 0) is 18.3 Å². The minimum absolute atomic E-state index is 0.108. The second-order valence-corrected chi connectivity index (χ2v) is 6.43. The minimum Gasteiger partial charge on any atom is -0.391 e. The van der Waals surface area contributed by atoms with Crippen LogP contribution in [0.2, 0.25) is 0 Å². The van der Waals surface area contributed by atoms with E-state index in [4.69, 9.17) is 0 Å². The van der Waals surface area contributed by atoms with Gasteiger partial charge in [-0.15, -0.1) is 0 Å². The molecular weight excluding hydrogens is 292 g/mol. The lowest BCUT2D eigenvalue weighted by molar-refractivity contribution is 0.0240. The predicted molar refractivity (Wildman–Crippen MR) is 77.7 cm³/mol. The number of piperidine rings is 1. The van der Waals surface area contributed by atoms with E-state index in [0.717, 1.165) is 0 Å². The fraction of sp³-hybridized carbons (Fsp3) is 0.733. The Balaban J connectivity index is 2.22. The first-order valence-corrected chi connectivity index (χ1v) is 7.62. The van der Waals surface area contributed by atoms with Crippen molar-refractivity contribution in [2.45, 2.75) is 46.3 Å². The highest BCUT2D eigenvalue weighted by Gasteiger charge is 2.32. The number of alkyl halides is 2. The number of carbonyl (C=O) groups excluding carboxylic acids is 1. The van der Waals surface area contributed by atoms with Gasteiger partial charge in [-0.1, -0.05) is 20.8 Å². The second-order valence-electron chi connectivity index (χ2n) is 6.43. The zero-order valence-corrected chi connectivity index (χ0v) is 13.2. The Labute approximate surface area is 128 Å². The molecule has 1 aliphatic heterocycles. The average molecular weight is 315 g/mol. The minimum atomic E-state index is -2.74. The van der Waals surface area contributed by atoms with Crippen molar-refractivity contribution in [3.63, 3.8) is 0 Å². The zero-order valence-electron chi connectivity index (χ0n) is 13.2. The van der Waals surface area contributed by atoms with Crippen molar-refractivity contribution >= 4 is 5.91 Å². The summed E-state index contributed by atoms with van der Waals surface area (Å²) in [6.45, 7) is 6.92. The molecule has 0 radical (unpaired) electrons. The van der Waals surface area contributed by atoms with Gasteiger partial charge in [0.25, 0.3) is 12.3 Å². The Bertz CT molecular complexity index is 531. The molecule has 2 rings (SSSR count). The molecule has 2 atom stereocenters. The smallest absolute Gasteiger partial charge is 0.274 e. The van der Waals surface area contributed by atoms with Gasteiger partial charge in [-0.3, -0.25) is 9.48 Å². The Morgan fingerprint density at radius 3 is 2.73 bits per heavy atom. The number of hydrogen-bond donors (Lipinski definition) is 1. The highest BCUT2D eigenvalue weighted by atomic mass is 19.3. The molecule has 1 amide bonds. The van der Waals surface area contributed by atoms with Gasteiger partial charge in [0.1, 0.15) is 0 Å². The van der Waals surface area contributed by atoms with E-state index in [1.807, 2.05) is 20.8 Å². The highest BCUT2D eigenvalue weighted by molar-refractivity contribution is 5.93. The van der Waals surface area contributed by atoms with E-state index in [-0.39, 0.29) is 29.6 Å². The molecule has 0 aromatic carbocycles. The van der Waals surface area contributed by atoms with Gasteiger partial charge in [-0.2, -0.15) is 5.10 Å². The van der Waals surface area contributed by atoms with E-state index < -0.39 is 18.4 Å². The van der Waals surface area contributed by atoms with Crippen molar-refractivity contribution in [2.75, 3.05) is 13.1 Å². The molecule has 2 heterocycles. The summed E-state index contributed by atoms with van der Waals surface area (Å²) in [7, 11) is 0. The molecule has 2 unspecified atom stereocenters. The molecule has 1 saturated heterocycles. The number of rotatable bonds is 4. The molecule has 0 bridgehead atoms. The molecule has 7 heteroatoms. The molecule has 124 valence electrons. The van der Waals surface area contributed by atoms with Crippen molar-refractivity contribution in [1.29, 1.82) is 0 Å². The van der Waals surface area contributed by atoms with E-state index in [0.29, 0.717) is 19.5 Å². The first-order valence-electron chi connectivity index (χ1n) is 7.62. The van der Waals surface area contributed by atoms with Crippen LogP contribution in [-0.4, -0.2) is 44.9 Å². The molecule has 0 spiro atoms. The SMILES string of the molecule is CC(C)Cn1cc(C(F)F)c(C(=O)N2CCC(C)C(O)C2)n1. The fourth-order valence-corrected chi connectivity index (χ4v) is 2.61. The lowest BCUT2D eigenvalue weighted by atomic mass is 9.96. The topological polar surface area (TPSA) is 58.4 Å². The third kappa shape index (κ3) is 3.63. The van der Waals surface area contributed by atoms with Crippen LogP contribution in [0.15, 0.2) is 6.20 Å². The van der Waals surface area contributed by atoms with Crippen LogP contribution in [0.1, 0.15) is 49.7 Å². The second kappa shape index (κ2) is 6.73. The number of aromatic nitrogens is 2. The fourth-order valence-electron chi connectivity index (χ4n) is 2.61. The highest BCUT2D eigenvalue weighted by Crippen LogP contribution is 2.25. The number of halogens is 2. The molecule has 0 saturated carbocycles. The van der Waals surface area contributed by atoms with Gasteiger partial charge >= 0.3 is 0 Å². The van der Waals surface area contributed by atoms with Crippen LogP contribution < -0.4 is 0 Å². The number of amides is 1. The van der Waals surface area contributed by atoms with Gasteiger partial charge < -0.3 is 10.0 Å². The lowest BCUT2D eigenvalue weighted by Gasteiger charge is -2.34. The summed E-state index contributed by atoms with van der Waals surface area (Å²) in [5.74, 6) is -0.174. The van der Waals surface area contributed by atoms with Crippen LogP contribution in [0.25, 0.3) is 0 Å². The number of β-amino-alcohol motifs (C(OH)–C–C–N with tert-alkyl or cyclic N) is 1. The number of nitrogens with zero attached hydrogens (tertiary/aromatic N) is 3. The van der Waals surface area contributed by atoms with Crippen molar-refractivity contribution < 1.29 is 18.7 Å². The number of aliphatic hydroxyl groups excluding tert-OH is 1. The molecule has 5 nitrogen and oxygen atoms in total. The Kier molecular flexibility index (Phi) is 5.16. The molecule has 1 N–H and O–H groups in total. The predicted octanol–water partition coefficient (Wildman–Crippen LogP) is 2.32. The van der Waals surface area contributed by atoms with Crippen LogP contribution in [0.5, 0.6) is 0 Å². The normalized spacial score (nSPS) is 22.6. The summed E-state index contributed by atoms with van der Waals surface area (Å²) in [6, 6.07) is 0. The van der Waals surface area contributed by atoms with Crippen molar-refractivity contribution in [3.05, 3.63) is 17.5 Å². The van der Waals surface area contributed by atoms with E-state index >= 15 is 0 Å². The van der Waals surface area contributed by atoms with E-state index in [1.165, 1.54) is 15.8 Å². The largest absolute Gasteiger partial charge is 0.391 e.